The number of carbonyl (C=O) groups excluding carboxylic acids is 1. The number of nitrogens with one attached hydrogen (secondary N) is 2. The minimum Gasteiger partial charge on any atom is -1.00 e. The number of benzene rings is 1. The quantitative estimate of drug-likeness (QED) is 0.427. The Morgan fingerprint density at radius 2 is 1.69 bits per heavy atom. The van der Waals surface area contributed by atoms with E-state index in [-0.39, 0.29) is 35.2 Å². The van der Waals surface area contributed by atoms with E-state index >= 15 is 0 Å². The number of ketones is 1. The number of hydrogen-bond acceptors (Lipinski definition) is 2. The molecule has 0 saturated carbocycles. The Morgan fingerprint density at radius 1 is 1.03 bits per heavy atom. The number of nitrogens with zero attached hydrogens (tertiary/aromatic N) is 1. The van der Waals surface area contributed by atoms with Crippen LogP contribution in [0.1, 0.15) is 56.2 Å². The van der Waals surface area contributed by atoms with Crippen LogP contribution in [0.15, 0.2) is 54.9 Å². The van der Waals surface area contributed by atoms with Gasteiger partial charge in [-0.15, -0.1) is 0 Å². The van der Waals surface area contributed by atoms with Gasteiger partial charge in [0, 0.05) is 35.5 Å². The molecule has 0 fully saturated rings. The van der Waals surface area contributed by atoms with E-state index in [1.54, 1.807) is 0 Å². The molecule has 2 heterocycles. The minimum absolute atomic E-state index is 0. The van der Waals surface area contributed by atoms with Gasteiger partial charge < -0.3 is 34.3 Å². The van der Waals surface area contributed by atoms with Crippen molar-refractivity contribution >= 4 is 17.2 Å². The Labute approximate surface area is 189 Å². The Balaban J connectivity index is 0.00000240. The van der Waals surface area contributed by atoms with Crippen LogP contribution >= 0.6 is 0 Å². The third-order valence-corrected chi connectivity index (χ3v) is 5.43. The Hall–Kier alpha value is -2.15. The highest BCUT2D eigenvalue weighted by Gasteiger charge is 2.35. The Morgan fingerprint density at radius 3 is 2.31 bits per heavy atom. The molecule has 0 bridgehead atoms. The average molecular weight is 501 g/mol. The van der Waals surface area contributed by atoms with Crippen molar-refractivity contribution in [1.82, 2.24) is 4.98 Å². The van der Waals surface area contributed by atoms with Crippen molar-refractivity contribution in [3.8, 4) is 11.3 Å². The summed E-state index contributed by atoms with van der Waals surface area (Å²) < 4.78 is 2.17. The molecule has 152 valence electrons. The second-order valence-electron chi connectivity index (χ2n) is 8.79. The molecule has 0 amide bonds. The predicted molar refractivity (Wildman–Crippen MR) is 113 cm³/mol. The number of para-hydroxylation sites is 1. The van der Waals surface area contributed by atoms with Crippen LogP contribution in [0.5, 0.6) is 0 Å². The lowest BCUT2D eigenvalue weighted by atomic mass is 9.76. The van der Waals surface area contributed by atoms with Crippen LogP contribution in [0.4, 0.5) is 11.4 Å². The zero-order valence-electron chi connectivity index (χ0n) is 17.4. The van der Waals surface area contributed by atoms with E-state index in [2.05, 4.69) is 67.1 Å². The molecule has 4 rings (SSSR count). The lowest BCUT2D eigenvalue weighted by molar-refractivity contribution is -0.716. The molecule has 1 aromatic carbocycles. The maximum atomic E-state index is 13.0. The molecule has 1 aliphatic carbocycles. The van der Waals surface area contributed by atoms with Crippen molar-refractivity contribution in [2.45, 2.75) is 46.6 Å². The van der Waals surface area contributed by atoms with Gasteiger partial charge in [-0.05, 0) is 37.8 Å². The van der Waals surface area contributed by atoms with Crippen molar-refractivity contribution in [1.29, 1.82) is 0 Å². The minimum atomic E-state index is -0.0203. The van der Waals surface area contributed by atoms with Crippen molar-refractivity contribution in [3.05, 3.63) is 66.1 Å². The van der Waals surface area contributed by atoms with Crippen LogP contribution in [-0.2, 0) is 6.42 Å². The van der Waals surface area contributed by atoms with E-state index in [0.717, 1.165) is 40.3 Å². The van der Waals surface area contributed by atoms with E-state index in [4.69, 9.17) is 0 Å². The molecule has 1 aliphatic rings. The number of halogens is 1. The summed E-state index contributed by atoms with van der Waals surface area (Å²) in [5.74, 6) is 0.209. The maximum Gasteiger partial charge on any atom is 0.169 e. The fourth-order valence-electron chi connectivity index (χ4n) is 4.01. The summed E-state index contributed by atoms with van der Waals surface area (Å²) in [6.45, 7) is 8.64. The zero-order chi connectivity index (χ0) is 19.9. The van der Waals surface area contributed by atoms with Gasteiger partial charge in [-0.25, -0.2) is 4.57 Å². The molecule has 0 spiro atoms. The smallest absolute Gasteiger partial charge is 0.169 e. The molecule has 0 saturated heterocycles. The average Bonchev–Trinajstić information content (AvgIpc) is 2.99. The van der Waals surface area contributed by atoms with Crippen molar-refractivity contribution < 1.29 is 33.3 Å². The number of fused-ring (bicyclic) bond motifs is 1. The van der Waals surface area contributed by atoms with Crippen molar-refractivity contribution in [2.75, 3.05) is 5.32 Å². The molecule has 0 aliphatic heterocycles. The van der Waals surface area contributed by atoms with E-state index in [1.807, 2.05) is 30.3 Å². The number of anilines is 2. The highest BCUT2D eigenvalue weighted by atomic mass is 127. The SMILES string of the molecule is CC(C)[n+]1ccc(-c2[nH]c3c(c2Nc2ccccc2)C(=O)CC(C)(C)C3)cc1.[I-]. The molecule has 2 N–H and O–H groups in total. The van der Waals surface area contributed by atoms with Crippen molar-refractivity contribution in [2.24, 2.45) is 5.41 Å². The first-order valence-corrected chi connectivity index (χ1v) is 9.95. The van der Waals surface area contributed by atoms with Crippen LogP contribution in [0.25, 0.3) is 11.3 Å². The van der Waals surface area contributed by atoms with Crippen LogP contribution in [-0.4, -0.2) is 10.8 Å². The van der Waals surface area contributed by atoms with Gasteiger partial charge in [0.1, 0.15) is 0 Å². The third-order valence-electron chi connectivity index (χ3n) is 5.43. The molecule has 0 atom stereocenters. The first-order valence-electron chi connectivity index (χ1n) is 9.95. The van der Waals surface area contributed by atoms with E-state index < -0.39 is 0 Å². The number of H-pyrrole nitrogens is 1. The zero-order valence-corrected chi connectivity index (χ0v) is 19.6. The Kier molecular flexibility index (Phi) is 6.17. The first-order chi connectivity index (χ1) is 13.3. The standard InChI is InChI=1S/C24H27N3O.HI/c1-16(2)27-12-10-17(11-13-27)22-23(25-18-8-6-5-7-9-18)21-19(26-22)14-24(3,4)15-20(21)28;/h5-13,16H,14-15H2,1-4H3,(H,25,26,28);1H. The molecule has 0 radical (unpaired) electrons. The molecule has 29 heavy (non-hydrogen) atoms. The number of rotatable bonds is 4. The van der Waals surface area contributed by atoms with Crippen molar-refractivity contribution in [3.63, 3.8) is 0 Å². The number of aromatic nitrogens is 2. The van der Waals surface area contributed by atoms with Gasteiger partial charge in [0.25, 0.3) is 0 Å². The molecule has 2 aromatic heterocycles. The molecule has 4 nitrogen and oxygen atoms in total. The van der Waals surface area contributed by atoms with Gasteiger partial charge in [0.15, 0.2) is 24.2 Å². The lowest BCUT2D eigenvalue weighted by Crippen LogP contribution is -3.00. The van der Waals surface area contributed by atoms with Gasteiger partial charge in [0.2, 0.25) is 0 Å². The van der Waals surface area contributed by atoms with E-state index in [1.165, 1.54) is 0 Å². The fourth-order valence-corrected chi connectivity index (χ4v) is 4.01. The summed E-state index contributed by atoms with van der Waals surface area (Å²) >= 11 is 0. The summed E-state index contributed by atoms with van der Waals surface area (Å²) in [5.41, 5.74) is 5.77. The van der Waals surface area contributed by atoms with Gasteiger partial charge >= 0.3 is 0 Å². The maximum absolute atomic E-state index is 13.0. The molecule has 3 aromatic rings. The van der Waals surface area contributed by atoms with Gasteiger partial charge in [-0.3, -0.25) is 4.79 Å². The van der Waals surface area contributed by atoms with Crippen LogP contribution in [0.3, 0.4) is 0 Å². The number of carbonyl (C=O) groups is 1. The van der Waals surface area contributed by atoms with Gasteiger partial charge in [-0.1, -0.05) is 32.0 Å². The predicted octanol–water partition coefficient (Wildman–Crippen LogP) is 2.45. The number of pyridine rings is 1. The normalized spacial score (nSPS) is 15.0. The summed E-state index contributed by atoms with van der Waals surface area (Å²) in [5, 5.41) is 3.52. The monoisotopic (exact) mass is 501 g/mol. The number of Topliss-reactive ketones (excluding diaryl/α,β-unsaturated/α-hetero) is 1. The van der Waals surface area contributed by atoms with Gasteiger partial charge in [-0.2, -0.15) is 0 Å². The summed E-state index contributed by atoms with van der Waals surface area (Å²) in [7, 11) is 0. The summed E-state index contributed by atoms with van der Waals surface area (Å²) in [6, 6.07) is 14.7. The summed E-state index contributed by atoms with van der Waals surface area (Å²) in [6.07, 6.45) is 5.63. The number of aromatic amines is 1. The Bertz CT molecular complexity index is 1000. The van der Waals surface area contributed by atoms with Gasteiger partial charge in [0.05, 0.1) is 16.9 Å². The lowest BCUT2D eigenvalue weighted by Gasteiger charge is -2.28. The topological polar surface area (TPSA) is 48.8 Å². The second-order valence-corrected chi connectivity index (χ2v) is 8.79. The number of hydrogen-bond donors (Lipinski definition) is 2. The highest BCUT2D eigenvalue weighted by Crippen LogP contribution is 2.43. The second kappa shape index (κ2) is 8.30. The summed E-state index contributed by atoms with van der Waals surface area (Å²) in [4.78, 5) is 16.6. The third kappa shape index (κ3) is 4.39. The van der Waals surface area contributed by atoms with Crippen LogP contribution < -0.4 is 33.9 Å². The first kappa shape index (κ1) is 21.6. The van der Waals surface area contributed by atoms with Crippen LogP contribution in [0, 0.1) is 5.41 Å². The molecule has 5 heteroatoms. The molecular weight excluding hydrogens is 473 g/mol. The van der Waals surface area contributed by atoms with E-state index in [0.29, 0.717) is 12.5 Å². The fraction of sp³-hybridized carbons (Fsp3) is 0.333. The largest absolute Gasteiger partial charge is 1.00 e. The molecule has 0 unspecified atom stereocenters. The van der Waals surface area contributed by atoms with Crippen LogP contribution in [0.2, 0.25) is 0 Å². The van der Waals surface area contributed by atoms with E-state index in [9.17, 15) is 4.79 Å². The highest BCUT2D eigenvalue weighted by molar-refractivity contribution is 6.07. The molecular formula is C24H28IN3O.